The monoisotopic (exact) mass is 352 g/mol. The van der Waals surface area contributed by atoms with Crippen molar-refractivity contribution in [3.05, 3.63) is 18.2 Å². The SMILES string of the molecule is COc1cccc2onc(N(S)C(=O)NCCN3CCOCC3)c12. The molecule has 1 fully saturated rings. The van der Waals surface area contributed by atoms with Crippen molar-refractivity contribution >= 4 is 35.6 Å². The van der Waals surface area contributed by atoms with Gasteiger partial charge in [0.15, 0.2) is 5.58 Å². The molecule has 3 rings (SSSR count). The first-order valence-electron chi connectivity index (χ1n) is 7.70. The molecule has 9 heteroatoms. The van der Waals surface area contributed by atoms with Crippen LogP contribution in [0.4, 0.5) is 10.6 Å². The molecule has 0 unspecified atom stereocenters. The fraction of sp³-hybridized carbons (Fsp3) is 0.467. The molecule has 8 nitrogen and oxygen atoms in total. The summed E-state index contributed by atoms with van der Waals surface area (Å²) in [5, 5.41) is 7.36. The molecule has 2 heterocycles. The van der Waals surface area contributed by atoms with E-state index in [1.807, 2.05) is 0 Å². The Morgan fingerprint density at radius 3 is 3.00 bits per heavy atom. The van der Waals surface area contributed by atoms with Crippen molar-refractivity contribution in [2.45, 2.75) is 0 Å². The van der Waals surface area contributed by atoms with Gasteiger partial charge in [0.25, 0.3) is 0 Å². The normalized spacial score (nSPS) is 15.4. The largest absolute Gasteiger partial charge is 0.496 e. The van der Waals surface area contributed by atoms with Gasteiger partial charge in [-0.25, -0.2) is 9.10 Å². The van der Waals surface area contributed by atoms with Crippen LogP contribution in [0.1, 0.15) is 0 Å². The number of ether oxygens (including phenoxy) is 2. The van der Waals surface area contributed by atoms with Crippen molar-refractivity contribution in [2.24, 2.45) is 0 Å². The van der Waals surface area contributed by atoms with E-state index in [9.17, 15) is 4.79 Å². The highest BCUT2D eigenvalue weighted by atomic mass is 32.1. The second kappa shape index (κ2) is 7.73. The summed E-state index contributed by atoms with van der Waals surface area (Å²) in [6.07, 6.45) is 0. The molecule has 0 saturated carbocycles. The van der Waals surface area contributed by atoms with Crippen LogP contribution in [0.25, 0.3) is 11.0 Å². The molecule has 2 amide bonds. The molecular formula is C15H20N4O4S. The van der Waals surface area contributed by atoms with Crippen LogP contribution in [-0.2, 0) is 4.74 Å². The minimum absolute atomic E-state index is 0.301. The zero-order valence-electron chi connectivity index (χ0n) is 13.4. The number of nitrogens with zero attached hydrogens (tertiary/aromatic N) is 3. The molecule has 24 heavy (non-hydrogen) atoms. The van der Waals surface area contributed by atoms with E-state index in [2.05, 4.69) is 28.2 Å². The average molecular weight is 352 g/mol. The van der Waals surface area contributed by atoms with Gasteiger partial charge in [-0.05, 0) is 12.1 Å². The highest BCUT2D eigenvalue weighted by molar-refractivity contribution is 7.82. The number of thiol groups is 1. The first-order chi connectivity index (χ1) is 11.7. The number of urea groups is 1. The lowest BCUT2D eigenvalue weighted by atomic mass is 10.2. The number of fused-ring (bicyclic) bond motifs is 1. The number of benzene rings is 1. The van der Waals surface area contributed by atoms with Crippen LogP contribution in [0, 0.1) is 0 Å². The van der Waals surface area contributed by atoms with Gasteiger partial charge in [-0.3, -0.25) is 4.90 Å². The van der Waals surface area contributed by atoms with Crippen LogP contribution in [0.3, 0.4) is 0 Å². The Hall–Kier alpha value is -1.97. The standard InChI is InChI=1S/C15H20N4O4S/c1-21-11-3-2-4-12-13(11)14(17-23-12)19(24)15(20)16-5-6-18-7-9-22-10-8-18/h2-4,24H,5-10H2,1H3,(H,16,20). The Labute approximate surface area is 145 Å². The van der Waals surface area contributed by atoms with E-state index in [0.29, 0.717) is 29.1 Å². The number of carbonyl (C=O) groups is 1. The lowest BCUT2D eigenvalue weighted by Gasteiger charge is -2.26. The fourth-order valence-electron chi connectivity index (χ4n) is 2.58. The Morgan fingerprint density at radius 1 is 1.46 bits per heavy atom. The topological polar surface area (TPSA) is 80.1 Å². The number of aromatic nitrogens is 1. The summed E-state index contributed by atoms with van der Waals surface area (Å²) in [5.41, 5.74) is 0.532. The number of hydrogen-bond donors (Lipinski definition) is 2. The van der Waals surface area contributed by atoms with Crippen molar-refractivity contribution in [3.8, 4) is 5.75 Å². The molecule has 1 aliphatic heterocycles. The number of methoxy groups -OCH3 is 1. The highest BCUT2D eigenvalue weighted by Crippen LogP contribution is 2.34. The summed E-state index contributed by atoms with van der Waals surface area (Å²) in [5.74, 6) is 0.874. The second-order valence-electron chi connectivity index (χ2n) is 5.34. The summed E-state index contributed by atoms with van der Waals surface area (Å²) in [6, 6.07) is 4.96. The predicted octanol–water partition coefficient (Wildman–Crippen LogP) is 1.53. The minimum Gasteiger partial charge on any atom is -0.496 e. The smallest absolute Gasteiger partial charge is 0.333 e. The molecule has 1 aromatic carbocycles. The van der Waals surface area contributed by atoms with Crippen LogP contribution < -0.4 is 14.4 Å². The van der Waals surface area contributed by atoms with Gasteiger partial charge in [0.1, 0.15) is 11.1 Å². The molecule has 1 N–H and O–H groups in total. The zero-order valence-corrected chi connectivity index (χ0v) is 14.3. The average Bonchev–Trinajstić information content (AvgIpc) is 3.06. The van der Waals surface area contributed by atoms with Gasteiger partial charge in [-0.15, -0.1) is 0 Å². The van der Waals surface area contributed by atoms with Crippen molar-refractivity contribution in [1.29, 1.82) is 0 Å². The third kappa shape index (κ3) is 3.58. The van der Waals surface area contributed by atoms with Crippen LogP contribution in [0.15, 0.2) is 22.7 Å². The number of carbonyl (C=O) groups excluding carboxylic acids is 1. The maximum absolute atomic E-state index is 12.3. The maximum Gasteiger partial charge on any atom is 0.333 e. The van der Waals surface area contributed by atoms with Gasteiger partial charge in [0, 0.05) is 26.2 Å². The molecule has 0 spiro atoms. The molecule has 0 atom stereocenters. The van der Waals surface area contributed by atoms with E-state index < -0.39 is 0 Å². The predicted molar refractivity (Wildman–Crippen MR) is 92.7 cm³/mol. The highest BCUT2D eigenvalue weighted by Gasteiger charge is 2.22. The molecule has 0 aliphatic carbocycles. The quantitative estimate of drug-likeness (QED) is 0.795. The summed E-state index contributed by atoms with van der Waals surface area (Å²) in [6.45, 7) is 4.51. The summed E-state index contributed by atoms with van der Waals surface area (Å²) in [7, 11) is 1.55. The minimum atomic E-state index is -0.368. The van der Waals surface area contributed by atoms with Gasteiger partial charge in [-0.2, -0.15) is 0 Å². The fourth-order valence-corrected chi connectivity index (χ4v) is 2.78. The first-order valence-corrected chi connectivity index (χ1v) is 8.10. The van der Waals surface area contributed by atoms with E-state index in [1.165, 1.54) is 0 Å². The number of hydrogen-bond acceptors (Lipinski definition) is 7. The Bertz CT molecular complexity index is 702. The van der Waals surface area contributed by atoms with Crippen molar-refractivity contribution in [2.75, 3.05) is 50.8 Å². The van der Waals surface area contributed by atoms with Crippen LogP contribution in [-0.4, -0.2) is 62.6 Å². The molecule has 130 valence electrons. The van der Waals surface area contributed by atoms with Gasteiger partial charge in [0.2, 0.25) is 5.82 Å². The van der Waals surface area contributed by atoms with Crippen LogP contribution >= 0.6 is 12.8 Å². The molecule has 1 saturated heterocycles. The lowest BCUT2D eigenvalue weighted by molar-refractivity contribution is 0.0388. The van der Waals surface area contributed by atoms with Gasteiger partial charge >= 0.3 is 6.03 Å². The van der Waals surface area contributed by atoms with E-state index in [4.69, 9.17) is 14.0 Å². The third-order valence-electron chi connectivity index (χ3n) is 3.86. The number of anilines is 1. The molecule has 1 aliphatic rings. The summed E-state index contributed by atoms with van der Waals surface area (Å²) >= 11 is 4.25. The van der Waals surface area contributed by atoms with Crippen molar-refractivity contribution in [3.63, 3.8) is 0 Å². The van der Waals surface area contributed by atoms with E-state index in [-0.39, 0.29) is 6.03 Å². The van der Waals surface area contributed by atoms with E-state index in [0.717, 1.165) is 37.2 Å². The van der Waals surface area contributed by atoms with Gasteiger partial charge < -0.3 is 19.3 Å². The first kappa shape index (κ1) is 16.9. The van der Waals surface area contributed by atoms with E-state index in [1.54, 1.807) is 25.3 Å². The Balaban J connectivity index is 1.63. The molecule has 2 aromatic rings. The van der Waals surface area contributed by atoms with E-state index >= 15 is 0 Å². The number of morpholine rings is 1. The van der Waals surface area contributed by atoms with Gasteiger partial charge in [-0.1, -0.05) is 24.0 Å². The summed E-state index contributed by atoms with van der Waals surface area (Å²) in [4.78, 5) is 14.5. The number of rotatable bonds is 5. The van der Waals surface area contributed by atoms with Crippen molar-refractivity contribution in [1.82, 2.24) is 15.4 Å². The molecule has 0 radical (unpaired) electrons. The lowest BCUT2D eigenvalue weighted by Crippen LogP contribution is -2.43. The second-order valence-corrected chi connectivity index (χ2v) is 5.74. The molecular weight excluding hydrogens is 332 g/mol. The number of nitrogens with one attached hydrogen (secondary N) is 1. The molecule has 0 bridgehead atoms. The van der Waals surface area contributed by atoms with Gasteiger partial charge in [0.05, 0.1) is 20.3 Å². The number of amides is 2. The Morgan fingerprint density at radius 2 is 2.25 bits per heavy atom. The third-order valence-corrected chi connectivity index (χ3v) is 4.23. The zero-order chi connectivity index (χ0) is 16.9. The maximum atomic E-state index is 12.3. The Kier molecular flexibility index (Phi) is 5.44. The van der Waals surface area contributed by atoms with Crippen LogP contribution in [0.5, 0.6) is 5.75 Å². The summed E-state index contributed by atoms with van der Waals surface area (Å²) < 4.78 is 17.0. The molecule has 1 aromatic heterocycles. The van der Waals surface area contributed by atoms with Crippen molar-refractivity contribution < 1.29 is 18.8 Å². The van der Waals surface area contributed by atoms with Crippen LogP contribution in [0.2, 0.25) is 0 Å².